The maximum absolute atomic E-state index is 13.4. The minimum absolute atomic E-state index is 0.0533. The van der Waals surface area contributed by atoms with E-state index in [0.29, 0.717) is 28.8 Å². The van der Waals surface area contributed by atoms with Crippen LogP contribution in [0.15, 0.2) is 60.7 Å². The summed E-state index contributed by atoms with van der Waals surface area (Å²) in [7, 11) is -3.19. The Hall–Kier alpha value is -3.73. The standard InChI is InChI=1S/C25H21F3N4O3S/c1-15-22-20(24(33)29-18-9-7-17(8-10-18)25(26,27)28)13-21(16-5-3-2-4-6-16)30-23(22)32(31-15)19-11-12-36(34,35)14-19/h2-10,13,19H,11-12,14H2,1H3,(H,29,33). The van der Waals surface area contributed by atoms with Crippen LogP contribution in [0.5, 0.6) is 0 Å². The molecule has 1 atom stereocenters. The third kappa shape index (κ3) is 4.58. The van der Waals surface area contributed by atoms with E-state index in [1.165, 1.54) is 12.1 Å². The fourth-order valence-corrected chi connectivity index (χ4v) is 6.10. The Labute approximate surface area is 204 Å². The fourth-order valence-electron chi connectivity index (χ4n) is 4.41. The number of rotatable bonds is 4. The van der Waals surface area contributed by atoms with Crippen molar-refractivity contribution in [2.75, 3.05) is 16.8 Å². The Bertz CT molecular complexity index is 1560. The molecule has 0 aliphatic carbocycles. The highest BCUT2D eigenvalue weighted by Crippen LogP contribution is 2.33. The number of halogens is 3. The number of benzene rings is 2. The number of nitrogens with one attached hydrogen (secondary N) is 1. The molecule has 0 spiro atoms. The number of pyridine rings is 1. The van der Waals surface area contributed by atoms with E-state index in [1.54, 1.807) is 17.7 Å². The molecule has 5 rings (SSSR count). The molecule has 1 amide bonds. The van der Waals surface area contributed by atoms with Crippen molar-refractivity contribution in [3.05, 3.63) is 77.5 Å². The van der Waals surface area contributed by atoms with Gasteiger partial charge < -0.3 is 5.32 Å². The summed E-state index contributed by atoms with van der Waals surface area (Å²) in [6.45, 7) is 1.71. The van der Waals surface area contributed by atoms with Gasteiger partial charge in [-0.25, -0.2) is 18.1 Å². The highest BCUT2D eigenvalue weighted by Gasteiger charge is 2.33. The van der Waals surface area contributed by atoms with Crippen LogP contribution < -0.4 is 5.32 Å². The topological polar surface area (TPSA) is 93.9 Å². The first-order valence-electron chi connectivity index (χ1n) is 11.2. The van der Waals surface area contributed by atoms with E-state index in [2.05, 4.69) is 10.4 Å². The number of hydrogen-bond donors (Lipinski definition) is 1. The minimum atomic E-state index is -4.48. The van der Waals surface area contributed by atoms with Gasteiger partial charge in [0, 0.05) is 11.3 Å². The second kappa shape index (κ2) is 8.74. The summed E-state index contributed by atoms with van der Waals surface area (Å²) in [6, 6.07) is 14.6. The lowest BCUT2D eigenvalue weighted by molar-refractivity contribution is -0.137. The number of nitrogens with zero attached hydrogens (tertiary/aromatic N) is 3. The molecule has 1 aliphatic heterocycles. The molecule has 1 N–H and O–H groups in total. The quantitative estimate of drug-likeness (QED) is 0.412. The number of alkyl halides is 3. The third-order valence-corrected chi connectivity index (χ3v) is 7.93. The van der Waals surface area contributed by atoms with Crippen molar-refractivity contribution in [1.29, 1.82) is 0 Å². The highest BCUT2D eigenvalue weighted by molar-refractivity contribution is 7.91. The largest absolute Gasteiger partial charge is 0.416 e. The zero-order valence-corrected chi connectivity index (χ0v) is 19.9. The number of anilines is 1. The normalized spacial score (nSPS) is 17.4. The van der Waals surface area contributed by atoms with Crippen LogP contribution in [0.1, 0.15) is 34.1 Å². The Balaban J connectivity index is 1.61. The molecule has 7 nitrogen and oxygen atoms in total. The molecule has 2 aromatic heterocycles. The van der Waals surface area contributed by atoms with Crippen molar-refractivity contribution in [3.8, 4) is 11.3 Å². The average Bonchev–Trinajstić information content (AvgIpc) is 3.37. The van der Waals surface area contributed by atoms with Crippen molar-refractivity contribution in [2.24, 2.45) is 0 Å². The summed E-state index contributed by atoms with van der Waals surface area (Å²) in [5, 5.41) is 7.67. The van der Waals surface area contributed by atoms with Crippen LogP contribution in [-0.4, -0.2) is 40.6 Å². The Morgan fingerprint density at radius 2 is 1.78 bits per heavy atom. The molecule has 2 aromatic carbocycles. The monoisotopic (exact) mass is 514 g/mol. The van der Waals surface area contributed by atoms with Crippen LogP contribution in [0.2, 0.25) is 0 Å². The highest BCUT2D eigenvalue weighted by atomic mass is 32.2. The van der Waals surface area contributed by atoms with Crippen LogP contribution in [-0.2, 0) is 16.0 Å². The summed E-state index contributed by atoms with van der Waals surface area (Å²) in [4.78, 5) is 18.1. The van der Waals surface area contributed by atoms with Gasteiger partial charge in [0.15, 0.2) is 15.5 Å². The molecule has 0 saturated carbocycles. The third-order valence-electron chi connectivity index (χ3n) is 6.18. The molecule has 11 heteroatoms. The maximum atomic E-state index is 13.4. The van der Waals surface area contributed by atoms with E-state index in [9.17, 15) is 26.4 Å². The summed E-state index contributed by atoms with van der Waals surface area (Å²) < 4.78 is 64.5. The van der Waals surface area contributed by atoms with Crippen molar-refractivity contribution >= 4 is 32.5 Å². The second-order valence-electron chi connectivity index (χ2n) is 8.74. The lowest BCUT2D eigenvalue weighted by Crippen LogP contribution is -2.15. The van der Waals surface area contributed by atoms with Crippen molar-refractivity contribution in [2.45, 2.75) is 25.6 Å². The molecule has 1 saturated heterocycles. The van der Waals surface area contributed by atoms with E-state index < -0.39 is 33.5 Å². The van der Waals surface area contributed by atoms with Gasteiger partial charge in [0.2, 0.25) is 0 Å². The zero-order valence-electron chi connectivity index (χ0n) is 19.1. The molecule has 186 valence electrons. The molecule has 1 unspecified atom stereocenters. The van der Waals surface area contributed by atoms with Gasteiger partial charge in [0.1, 0.15) is 0 Å². The lowest BCUT2D eigenvalue weighted by atomic mass is 10.0. The first-order chi connectivity index (χ1) is 17.0. The summed E-state index contributed by atoms with van der Waals surface area (Å²) >= 11 is 0. The first-order valence-corrected chi connectivity index (χ1v) is 13.0. The van der Waals surface area contributed by atoms with Crippen LogP contribution in [0.25, 0.3) is 22.3 Å². The number of hydrogen-bond acceptors (Lipinski definition) is 5. The fraction of sp³-hybridized carbons (Fsp3) is 0.240. The van der Waals surface area contributed by atoms with Gasteiger partial charge >= 0.3 is 6.18 Å². The first kappa shape index (κ1) is 24.0. The van der Waals surface area contributed by atoms with Gasteiger partial charge in [-0.3, -0.25) is 4.79 Å². The molecule has 3 heterocycles. The number of amides is 1. The predicted molar refractivity (Wildman–Crippen MR) is 129 cm³/mol. The van der Waals surface area contributed by atoms with Crippen molar-refractivity contribution < 1.29 is 26.4 Å². The summed E-state index contributed by atoms with van der Waals surface area (Å²) in [6.07, 6.45) is -4.09. The maximum Gasteiger partial charge on any atom is 0.416 e. The molecule has 1 aliphatic rings. The molecule has 1 fully saturated rings. The SMILES string of the molecule is Cc1nn(C2CCS(=O)(=O)C2)c2nc(-c3ccccc3)cc(C(=O)Nc3ccc(C(F)(F)F)cc3)c12. The molecular formula is C25H21F3N4O3S. The minimum Gasteiger partial charge on any atom is -0.322 e. The number of sulfone groups is 1. The predicted octanol–water partition coefficient (Wildman–Crippen LogP) is 5.04. The van der Waals surface area contributed by atoms with Crippen molar-refractivity contribution in [3.63, 3.8) is 0 Å². The Morgan fingerprint density at radius 1 is 1.08 bits per heavy atom. The Morgan fingerprint density at radius 3 is 2.39 bits per heavy atom. The molecule has 0 radical (unpaired) electrons. The molecule has 36 heavy (non-hydrogen) atoms. The van der Waals surface area contributed by atoms with E-state index in [0.717, 1.165) is 17.7 Å². The number of carbonyl (C=O) groups excluding carboxylic acids is 1. The van der Waals surface area contributed by atoms with E-state index in [1.807, 2.05) is 30.3 Å². The van der Waals surface area contributed by atoms with Gasteiger partial charge in [0.05, 0.1) is 45.4 Å². The van der Waals surface area contributed by atoms with Gasteiger partial charge in [0.25, 0.3) is 5.91 Å². The van der Waals surface area contributed by atoms with Crippen LogP contribution >= 0.6 is 0 Å². The summed E-state index contributed by atoms with van der Waals surface area (Å²) in [5.74, 6) is -0.549. The lowest BCUT2D eigenvalue weighted by Gasteiger charge is -2.13. The number of aromatic nitrogens is 3. The molecule has 0 bridgehead atoms. The average molecular weight is 515 g/mol. The Kier molecular flexibility index (Phi) is 5.82. The molecular weight excluding hydrogens is 493 g/mol. The number of aryl methyl sites for hydroxylation is 1. The second-order valence-corrected chi connectivity index (χ2v) is 11.0. The van der Waals surface area contributed by atoms with Crippen molar-refractivity contribution in [1.82, 2.24) is 14.8 Å². The van der Waals surface area contributed by atoms with E-state index >= 15 is 0 Å². The van der Waals surface area contributed by atoms with Crippen LogP contribution in [0.4, 0.5) is 18.9 Å². The van der Waals surface area contributed by atoms with Gasteiger partial charge in [-0.2, -0.15) is 18.3 Å². The van der Waals surface area contributed by atoms with Gasteiger partial charge in [-0.15, -0.1) is 0 Å². The van der Waals surface area contributed by atoms with Gasteiger partial charge in [-0.05, 0) is 43.7 Å². The smallest absolute Gasteiger partial charge is 0.322 e. The number of fused-ring (bicyclic) bond motifs is 1. The van der Waals surface area contributed by atoms with Crippen LogP contribution in [0, 0.1) is 6.92 Å². The van der Waals surface area contributed by atoms with E-state index in [-0.39, 0.29) is 22.8 Å². The molecule has 4 aromatic rings. The van der Waals surface area contributed by atoms with E-state index in [4.69, 9.17) is 4.98 Å². The summed E-state index contributed by atoms with van der Waals surface area (Å²) in [5.41, 5.74) is 1.74. The zero-order chi connectivity index (χ0) is 25.7. The number of carbonyl (C=O) groups is 1. The van der Waals surface area contributed by atoms with Gasteiger partial charge in [-0.1, -0.05) is 30.3 Å². The van der Waals surface area contributed by atoms with Crippen LogP contribution in [0.3, 0.4) is 0 Å².